The molecule has 25 heavy (non-hydrogen) atoms. The molecule has 4 rings (SSSR count). The van der Waals surface area contributed by atoms with Gasteiger partial charge in [0.15, 0.2) is 0 Å². The van der Waals surface area contributed by atoms with E-state index in [4.69, 9.17) is 4.98 Å². The molecule has 1 amide bonds. The SMILES string of the molecule is Cc1nc2c(c(N3CCC(CN4CCCCC4=O)CC3)n1)CCCC2. The van der Waals surface area contributed by atoms with Crippen molar-refractivity contribution in [2.45, 2.75) is 64.7 Å². The van der Waals surface area contributed by atoms with E-state index in [0.717, 1.165) is 57.7 Å². The highest BCUT2D eigenvalue weighted by Crippen LogP contribution is 2.31. The van der Waals surface area contributed by atoms with E-state index < -0.39 is 0 Å². The summed E-state index contributed by atoms with van der Waals surface area (Å²) in [5.41, 5.74) is 2.69. The lowest BCUT2D eigenvalue weighted by molar-refractivity contribution is -0.134. The number of hydrogen-bond acceptors (Lipinski definition) is 4. The predicted molar refractivity (Wildman–Crippen MR) is 98.8 cm³/mol. The van der Waals surface area contributed by atoms with Gasteiger partial charge in [0.1, 0.15) is 11.6 Å². The molecule has 0 bridgehead atoms. The lowest BCUT2D eigenvalue weighted by atomic mass is 9.93. The number of carbonyl (C=O) groups excluding carboxylic acids is 1. The van der Waals surface area contributed by atoms with Crippen molar-refractivity contribution >= 4 is 11.7 Å². The van der Waals surface area contributed by atoms with Gasteiger partial charge in [0.25, 0.3) is 0 Å². The molecule has 0 aromatic carbocycles. The van der Waals surface area contributed by atoms with E-state index >= 15 is 0 Å². The maximum absolute atomic E-state index is 12.1. The van der Waals surface area contributed by atoms with Crippen LogP contribution in [0.25, 0.3) is 0 Å². The average Bonchev–Trinajstić information content (AvgIpc) is 2.63. The number of amides is 1. The van der Waals surface area contributed by atoms with Crippen molar-refractivity contribution in [1.29, 1.82) is 0 Å². The van der Waals surface area contributed by atoms with Gasteiger partial charge in [-0.15, -0.1) is 0 Å². The van der Waals surface area contributed by atoms with Gasteiger partial charge in [0.05, 0.1) is 0 Å². The van der Waals surface area contributed by atoms with Crippen molar-refractivity contribution in [3.63, 3.8) is 0 Å². The second-order valence-electron chi connectivity index (χ2n) is 7.95. The van der Waals surface area contributed by atoms with Crippen LogP contribution in [0.3, 0.4) is 0 Å². The number of rotatable bonds is 3. The third kappa shape index (κ3) is 3.65. The van der Waals surface area contributed by atoms with Gasteiger partial charge in [-0.05, 0) is 64.2 Å². The van der Waals surface area contributed by atoms with Gasteiger partial charge in [-0.1, -0.05) is 0 Å². The van der Waals surface area contributed by atoms with Gasteiger partial charge in [-0.2, -0.15) is 0 Å². The minimum atomic E-state index is 0.370. The molecule has 3 aliphatic rings. The van der Waals surface area contributed by atoms with Crippen LogP contribution in [0.4, 0.5) is 5.82 Å². The Hall–Kier alpha value is -1.65. The number of hydrogen-bond donors (Lipinski definition) is 0. The molecule has 2 aliphatic heterocycles. The first-order valence-corrected chi connectivity index (χ1v) is 10.1. The van der Waals surface area contributed by atoms with Crippen molar-refractivity contribution in [3.05, 3.63) is 17.1 Å². The molecule has 0 spiro atoms. The Balaban J connectivity index is 1.40. The number of piperidine rings is 2. The molecular formula is C20H30N4O. The fraction of sp³-hybridized carbons (Fsp3) is 0.750. The molecule has 5 heteroatoms. The van der Waals surface area contributed by atoms with E-state index in [2.05, 4.69) is 14.8 Å². The van der Waals surface area contributed by atoms with Crippen LogP contribution in [0, 0.1) is 12.8 Å². The zero-order chi connectivity index (χ0) is 17.2. The molecule has 2 saturated heterocycles. The van der Waals surface area contributed by atoms with Crippen LogP contribution in [-0.4, -0.2) is 47.0 Å². The van der Waals surface area contributed by atoms with Crippen LogP contribution >= 0.6 is 0 Å². The van der Waals surface area contributed by atoms with Crippen LogP contribution in [0.2, 0.25) is 0 Å². The molecule has 0 N–H and O–H groups in total. The Morgan fingerprint density at radius 1 is 0.960 bits per heavy atom. The van der Waals surface area contributed by atoms with Crippen LogP contribution in [0.5, 0.6) is 0 Å². The van der Waals surface area contributed by atoms with Gasteiger partial charge in [0, 0.05) is 43.9 Å². The molecule has 5 nitrogen and oxygen atoms in total. The van der Waals surface area contributed by atoms with Crippen molar-refractivity contribution in [3.8, 4) is 0 Å². The summed E-state index contributed by atoms with van der Waals surface area (Å²) in [6.07, 6.45) is 10.1. The normalized spacial score (nSPS) is 22.2. The highest BCUT2D eigenvalue weighted by Gasteiger charge is 2.28. The monoisotopic (exact) mass is 342 g/mol. The fourth-order valence-corrected chi connectivity index (χ4v) is 4.65. The average molecular weight is 342 g/mol. The van der Waals surface area contributed by atoms with E-state index in [9.17, 15) is 4.79 Å². The Morgan fingerprint density at radius 2 is 1.72 bits per heavy atom. The summed E-state index contributed by atoms with van der Waals surface area (Å²) in [5.74, 6) is 3.14. The van der Waals surface area contributed by atoms with Gasteiger partial charge < -0.3 is 9.80 Å². The molecule has 0 atom stereocenters. The maximum Gasteiger partial charge on any atom is 0.222 e. The van der Waals surface area contributed by atoms with Crippen molar-refractivity contribution in [2.24, 2.45) is 5.92 Å². The number of carbonyl (C=O) groups is 1. The summed E-state index contributed by atoms with van der Waals surface area (Å²) < 4.78 is 0. The van der Waals surface area contributed by atoms with Gasteiger partial charge in [-0.3, -0.25) is 4.79 Å². The first kappa shape index (κ1) is 16.8. The summed E-state index contributed by atoms with van der Waals surface area (Å²) in [7, 11) is 0. The molecule has 136 valence electrons. The standard InChI is InChI=1S/C20H30N4O/c1-15-21-18-7-3-2-6-17(18)20(22-15)23-12-9-16(10-13-23)14-24-11-5-4-8-19(24)25/h16H,2-14H2,1H3. The summed E-state index contributed by atoms with van der Waals surface area (Å²) in [5, 5.41) is 0. The fourth-order valence-electron chi connectivity index (χ4n) is 4.65. The molecule has 1 aliphatic carbocycles. The minimum absolute atomic E-state index is 0.370. The molecular weight excluding hydrogens is 312 g/mol. The lowest BCUT2D eigenvalue weighted by Gasteiger charge is -2.37. The number of anilines is 1. The Morgan fingerprint density at radius 3 is 2.52 bits per heavy atom. The molecule has 2 fully saturated rings. The second kappa shape index (κ2) is 7.30. The van der Waals surface area contributed by atoms with Crippen molar-refractivity contribution in [2.75, 3.05) is 31.1 Å². The Bertz CT molecular complexity index is 637. The van der Waals surface area contributed by atoms with E-state index in [-0.39, 0.29) is 0 Å². The second-order valence-corrected chi connectivity index (χ2v) is 7.95. The summed E-state index contributed by atoms with van der Waals surface area (Å²) in [6.45, 7) is 6.09. The quantitative estimate of drug-likeness (QED) is 0.847. The van der Waals surface area contributed by atoms with E-state index in [1.807, 2.05) is 6.92 Å². The van der Waals surface area contributed by atoms with E-state index in [0.29, 0.717) is 11.8 Å². The highest BCUT2D eigenvalue weighted by molar-refractivity contribution is 5.76. The van der Waals surface area contributed by atoms with Crippen LogP contribution in [-0.2, 0) is 17.6 Å². The zero-order valence-electron chi connectivity index (χ0n) is 15.5. The summed E-state index contributed by atoms with van der Waals surface area (Å²) in [4.78, 5) is 26.1. The van der Waals surface area contributed by atoms with Gasteiger partial charge in [0.2, 0.25) is 5.91 Å². The topological polar surface area (TPSA) is 49.3 Å². The van der Waals surface area contributed by atoms with Crippen LogP contribution in [0.1, 0.15) is 62.0 Å². The number of likely N-dealkylation sites (tertiary alicyclic amines) is 1. The Labute approximate surface area is 150 Å². The number of fused-ring (bicyclic) bond motifs is 1. The highest BCUT2D eigenvalue weighted by atomic mass is 16.2. The first-order chi connectivity index (χ1) is 12.2. The number of aromatic nitrogens is 2. The molecule has 1 aromatic heterocycles. The molecule has 0 saturated carbocycles. The third-order valence-electron chi connectivity index (χ3n) is 6.09. The van der Waals surface area contributed by atoms with E-state index in [1.165, 1.54) is 49.2 Å². The Kier molecular flexibility index (Phi) is 4.91. The molecule has 0 unspecified atom stereocenters. The van der Waals surface area contributed by atoms with Gasteiger partial charge >= 0.3 is 0 Å². The largest absolute Gasteiger partial charge is 0.356 e. The molecule has 3 heterocycles. The van der Waals surface area contributed by atoms with Crippen molar-refractivity contribution in [1.82, 2.24) is 14.9 Å². The summed E-state index contributed by atoms with van der Waals surface area (Å²) in [6, 6.07) is 0. The van der Waals surface area contributed by atoms with Crippen LogP contribution < -0.4 is 4.90 Å². The predicted octanol–water partition coefficient (Wildman–Crippen LogP) is 2.89. The third-order valence-corrected chi connectivity index (χ3v) is 6.09. The number of aryl methyl sites for hydroxylation is 2. The van der Waals surface area contributed by atoms with Gasteiger partial charge in [-0.25, -0.2) is 9.97 Å². The molecule has 0 radical (unpaired) electrons. The zero-order valence-corrected chi connectivity index (χ0v) is 15.5. The lowest BCUT2D eigenvalue weighted by Crippen LogP contribution is -2.43. The van der Waals surface area contributed by atoms with Crippen molar-refractivity contribution < 1.29 is 4.79 Å². The molecule has 1 aromatic rings. The van der Waals surface area contributed by atoms with E-state index in [1.54, 1.807) is 0 Å². The van der Waals surface area contributed by atoms with Crippen LogP contribution in [0.15, 0.2) is 0 Å². The number of nitrogens with zero attached hydrogens (tertiary/aromatic N) is 4. The maximum atomic E-state index is 12.1. The summed E-state index contributed by atoms with van der Waals surface area (Å²) >= 11 is 0. The minimum Gasteiger partial charge on any atom is -0.356 e. The smallest absolute Gasteiger partial charge is 0.222 e. The first-order valence-electron chi connectivity index (χ1n) is 10.1.